The van der Waals surface area contributed by atoms with Gasteiger partial charge in [-0.25, -0.2) is 4.79 Å². The minimum atomic E-state index is -0.892. The summed E-state index contributed by atoms with van der Waals surface area (Å²) in [5.74, 6) is -0.892. The van der Waals surface area contributed by atoms with Gasteiger partial charge in [-0.3, -0.25) is 4.90 Å². The lowest BCUT2D eigenvalue weighted by Gasteiger charge is -2.26. The van der Waals surface area contributed by atoms with Crippen molar-refractivity contribution in [1.82, 2.24) is 9.47 Å². The van der Waals surface area contributed by atoms with E-state index in [-0.39, 0.29) is 0 Å². The standard InChI is InChI=1S/C22H24N2O2/c1-16-20(15-23-13-5-2-6-14-23)19-7-3-4-8-21(19)24(16)18-11-9-17(10-12-18)22(25)26/h3-4,7-12H,2,5-6,13-15H2,1H3,(H,25,26). The molecule has 2 aromatic carbocycles. The molecule has 0 atom stereocenters. The van der Waals surface area contributed by atoms with Crippen LogP contribution in [0, 0.1) is 6.92 Å². The van der Waals surface area contributed by atoms with Crippen molar-refractivity contribution in [2.45, 2.75) is 32.7 Å². The number of likely N-dealkylation sites (tertiary alicyclic amines) is 1. The van der Waals surface area contributed by atoms with Crippen LogP contribution in [0.4, 0.5) is 0 Å². The summed E-state index contributed by atoms with van der Waals surface area (Å²) in [6, 6.07) is 15.7. The number of aromatic nitrogens is 1. The zero-order valence-corrected chi connectivity index (χ0v) is 15.1. The van der Waals surface area contributed by atoms with Gasteiger partial charge in [0.1, 0.15) is 0 Å². The van der Waals surface area contributed by atoms with E-state index in [1.165, 1.54) is 54.5 Å². The van der Waals surface area contributed by atoms with Crippen LogP contribution in [0.5, 0.6) is 0 Å². The van der Waals surface area contributed by atoms with Crippen LogP contribution >= 0.6 is 0 Å². The Labute approximate surface area is 153 Å². The molecule has 0 bridgehead atoms. The van der Waals surface area contributed by atoms with Crippen LogP contribution in [0.2, 0.25) is 0 Å². The number of carboxylic acid groups (broad SMARTS) is 1. The maximum Gasteiger partial charge on any atom is 0.335 e. The van der Waals surface area contributed by atoms with E-state index < -0.39 is 5.97 Å². The SMILES string of the molecule is Cc1c(CN2CCCCC2)c2ccccc2n1-c1ccc(C(=O)O)cc1. The Kier molecular flexibility index (Phi) is 4.51. The zero-order chi connectivity index (χ0) is 18.1. The van der Waals surface area contributed by atoms with Crippen LogP contribution in [-0.2, 0) is 6.54 Å². The fraction of sp³-hybridized carbons (Fsp3) is 0.318. The van der Waals surface area contributed by atoms with E-state index in [2.05, 4.69) is 40.7 Å². The van der Waals surface area contributed by atoms with Gasteiger partial charge in [-0.15, -0.1) is 0 Å². The number of carboxylic acids is 1. The van der Waals surface area contributed by atoms with Gasteiger partial charge < -0.3 is 9.67 Å². The predicted molar refractivity (Wildman–Crippen MR) is 104 cm³/mol. The maximum absolute atomic E-state index is 11.1. The largest absolute Gasteiger partial charge is 0.478 e. The summed E-state index contributed by atoms with van der Waals surface area (Å²) < 4.78 is 2.25. The number of rotatable bonds is 4. The summed E-state index contributed by atoms with van der Waals surface area (Å²) >= 11 is 0. The highest BCUT2D eigenvalue weighted by Crippen LogP contribution is 2.30. The van der Waals surface area contributed by atoms with Crippen molar-refractivity contribution in [3.8, 4) is 5.69 Å². The van der Waals surface area contributed by atoms with Crippen molar-refractivity contribution in [2.75, 3.05) is 13.1 Å². The molecule has 4 nitrogen and oxygen atoms in total. The fourth-order valence-electron chi connectivity index (χ4n) is 4.06. The minimum absolute atomic E-state index is 0.316. The summed E-state index contributed by atoms with van der Waals surface area (Å²) in [6.07, 6.45) is 3.91. The zero-order valence-electron chi connectivity index (χ0n) is 15.1. The van der Waals surface area contributed by atoms with Gasteiger partial charge in [-0.2, -0.15) is 0 Å². The Hall–Kier alpha value is -2.59. The third-order valence-electron chi connectivity index (χ3n) is 5.45. The molecule has 134 valence electrons. The number of hydrogen-bond acceptors (Lipinski definition) is 2. The number of fused-ring (bicyclic) bond motifs is 1. The van der Waals surface area contributed by atoms with Crippen LogP contribution in [0.1, 0.15) is 40.9 Å². The first-order valence-corrected chi connectivity index (χ1v) is 9.30. The van der Waals surface area contributed by atoms with Gasteiger partial charge in [0.25, 0.3) is 0 Å². The van der Waals surface area contributed by atoms with E-state index in [0.29, 0.717) is 5.56 Å². The lowest BCUT2D eigenvalue weighted by atomic mass is 10.1. The summed E-state index contributed by atoms with van der Waals surface area (Å²) in [4.78, 5) is 13.7. The quantitative estimate of drug-likeness (QED) is 0.748. The van der Waals surface area contributed by atoms with E-state index in [1.54, 1.807) is 12.1 Å². The highest BCUT2D eigenvalue weighted by atomic mass is 16.4. The molecular weight excluding hydrogens is 324 g/mol. The molecule has 0 aliphatic carbocycles. The number of piperidine rings is 1. The topological polar surface area (TPSA) is 45.5 Å². The van der Waals surface area contributed by atoms with Gasteiger partial charge in [0.05, 0.1) is 11.1 Å². The lowest BCUT2D eigenvalue weighted by molar-refractivity contribution is 0.0697. The van der Waals surface area contributed by atoms with Crippen molar-refractivity contribution in [3.63, 3.8) is 0 Å². The smallest absolute Gasteiger partial charge is 0.335 e. The lowest BCUT2D eigenvalue weighted by Crippen LogP contribution is -2.29. The Morgan fingerprint density at radius 2 is 1.69 bits per heavy atom. The molecule has 1 fully saturated rings. The Bertz CT molecular complexity index is 935. The molecule has 4 rings (SSSR count). The van der Waals surface area contributed by atoms with Crippen molar-refractivity contribution in [2.24, 2.45) is 0 Å². The van der Waals surface area contributed by atoms with Gasteiger partial charge in [0.15, 0.2) is 0 Å². The molecule has 0 unspecified atom stereocenters. The second-order valence-electron chi connectivity index (χ2n) is 7.11. The van der Waals surface area contributed by atoms with Crippen LogP contribution in [0.3, 0.4) is 0 Å². The molecule has 0 radical (unpaired) electrons. The number of aromatic carboxylic acids is 1. The molecule has 1 saturated heterocycles. The Morgan fingerprint density at radius 3 is 2.38 bits per heavy atom. The number of benzene rings is 2. The van der Waals surface area contributed by atoms with E-state index in [4.69, 9.17) is 5.11 Å². The molecule has 1 aliphatic heterocycles. The van der Waals surface area contributed by atoms with Gasteiger partial charge in [-0.1, -0.05) is 24.6 Å². The van der Waals surface area contributed by atoms with E-state index >= 15 is 0 Å². The molecule has 3 aromatic rings. The third kappa shape index (κ3) is 3.01. The molecule has 0 saturated carbocycles. The maximum atomic E-state index is 11.1. The van der Waals surface area contributed by atoms with Crippen molar-refractivity contribution >= 4 is 16.9 Å². The minimum Gasteiger partial charge on any atom is -0.478 e. The monoisotopic (exact) mass is 348 g/mol. The Morgan fingerprint density at radius 1 is 1.00 bits per heavy atom. The first-order chi connectivity index (χ1) is 12.6. The molecule has 1 aliphatic rings. The predicted octanol–water partition coefficient (Wildman–Crippen LogP) is 4.62. The summed E-state index contributed by atoms with van der Waals surface area (Å²) in [7, 11) is 0. The molecule has 1 N–H and O–H groups in total. The van der Waals surface area contributed by atoms with Crippen molar-refractivity contribution in [1.29, 1.82) is 0 Å². The van der Waals surface area contributed by atoms with Gasteiger partial charge >= 0.3 is 5.97 Å². The number of para-hydroxylation sites is 1. The average Bonchev–Trinajstić information content (AvgIpc) is 2.95. The fourth-order valence-corrected chi connectivity index (χ4v) is 4.06. The van der Waals surface area contributed by atoms with Gasteiger partial charge in [0, 0.05) is 23.3 Å². The average molecular weight is 348 g/mol. The van der Waals surface area contributed by atoms with E-state index in [0.717, 1.165) is 12.2 Å². The first kappa shape index (κ1) is 16.9. The van der Waals surface area contributed by atoms with Crippen LogP contribution in [0.15, 0.2) is 48.5 Å². The van der Waals surface area contributed by atoms with Crippen LogP contribution < -0.4 is 0 Å². The molecule has 0 amide bonds. The highest BCUT2D eigenvalue weighted by molar-refractivity contribution is 5.89. The van der Waals surface area contributed by atoms with Gasteiger partial charge in [-0.05, 0) is 68.8 Å². The molecule has 26 heavy (non-hydrogen) atoms. The van der Waals surface area contributed by atoms with E-state index in [1.807, 2.05) is 12.1 Å². The van der Waals surface area contributed by atoms with Gasteiger partial charge in [0.2, 0.25) is 0 Å². The molecule has 1 aromatic heterocycles. The van der Waals surface area contributed by atoms with Crippen molar-refractivity contribution in [3.05, 3.63) is 65.4 Å². The summed E-state index contributed by atoms with van der Waals surface area (Å²) in [5.41, 5.74) is 5.12. The molecule has 0 spiro atoms. The number of carbonyl (C=O) groups is 1. The molecule has 2 heterocycles. The summed E-state index contributed by atoms with van der Waals surface area (Å²) in [6.45, 7) is 5.50. The number of nitrogens with zero attached hydrogens (tertiary/aromatic N) is 2. The Balaban J connectivity index is 1.79. The summed E-state index contributed by atoms with van der Waals surface area (Å²) in [5, 5.41) is 10.4. The first-order valence-electron chi connectivity index (χ1n) is 9.30. The molecular formula is C22H24N2O2. The number of hydrogen-bond donors (Lipinski definition) is 1. The molecule has 4 heteroatoms. The second kappa shape index (κ2) is 6.96. The normalized spacial score (nSPS) is 15.4. The second-order valence-corrected chi connectivity index (χ2v) is 7.11. The highest BCUT2D eigenvalue weighted by Gasteiger charge is 2.19. The van der Waals surface area contributed by atoms with Crippen LogP contribution in [-0.4, -0.2) is 33.6 Å². The van der Waals surface area contributed by atoms with Crippen molar-refractivity contribution < 1.29 is 9.90 Å². The van der Waals surface area contributed by atoms with E-state index in [9.17, 15) is 4.79 Å². The van der Waals surface area contributed by atoms with Crippen LogP contribution in [0.25, 0.3) is 16.6 Å². The third-order valence-corrected chi connectivity index (χ3v) is 5.45.